The first-order valence-corrected chi connectivity index (χ1v) is 4.18. The van der Waals surface area contributed by atoms with Gasteiger partial charge in [-0.3, -0.25) is 0 Å². The summed E-state index contributed by atoms with van der Waals surface area (Å²) in [4.78, 5) is 0. The number of hydrogen-bond acceptors (Lipinski definition) is 1. The number of rotatable bonds is 4. The first-order chi connectivity index (χ1) is 4.48. The van der Waals surface area contributed by atoms with Gasteiger partial charge in [0.2, 0.25) is 0 Å². The van der Waals surface area contributed by atoms with Crippen LogP contribution in [0.25, 0.3) is 0 Å². The first-order valence-electron chi connectivity index (χ1n) is 4.18. The van der Waals surface area contributed by atoms with E-state index in [1.54, 1.807) is 6.92 Å². The smallest absolute Gasteiger partial charge is 0.0472 e. The summed E-state index contributed by atoms with van der Waals surface area (Å²) in [6, 6.07) is 0. The second-order valence-electron chi connectivity index (χ2n) is 3.74. The molecule has 10 heavy (non-hydrogen) atoms. The van der Waals surface area contributed by atoms with Crippen LogP contribution in [0.5, 0.6) is 0 Å². The Labute approximate surface area is 64.5 Å². The van der Waals surface area contributed by atoms with Gasteiger partial charge in [0.05, 0.1) is 0 Å². The lowest BCUT2D eigenvalue weighted by Gasteiger charge is -2.36. The summed E-state index contributed by atoms with van der Waals surface area (Å²) in [5, 5.41) is 11.4. The lowest BCUT2D eigenvalue weighted by Crippen LogP contribution is -2.39. The minimum Gasteiger partial charge on any atom is -0.850 e. The summed E-state index contributed by atoms with van der Waals surface area (Å²) < 4.78 is 0. The SMILES string of the molecule is CCC(C)([O-])CCC(C)C. The monoisotopic (exact) mass is 143 g/mol. The minimum absolute atomic E-state index is 0.667. The van der Waals surface area contributed by atoms with Gasteiger partial charge in [0.15, 0.2) is 0 Å². The van der Waals surface area contributed by atoms with Crippen molar-refractivity contribution in [2.45, 2.75) is 52.6 Å². The van der Waals surface area contributed by atoms with E-state index in [2.05, 4.69) is 13.8 Å². The maximum atomic E-state index is 11.4. The molecule has 0 bridgehead atoms. The Bertz CT molecular complexity index is 84.7. The second kappa shape index (κ2) is 3.97. The van der Waals surface area contributed by atoms with E-state index in [1.807, 2.05) is 6.92 Å². The molecular weight excluding hydrogens is 124 g/mol. The van der Waals surface area contributed by atoms with Gasteiger partial charge in [-0.05, 0) is 5.92 Å². The molecule has 0 N–H and O–H groups in total. The van der Waals surface area contributed by atoms with Crippen molar-refractivity contribution >= 4 is 0 Å². The van der Waals surface area contributed by atoms with Gasteiger partial charge in [0.25, 0.3) is 0 Å². The third kappa shape index (κ3) is 4.80. The van der Waals surface area contributed by atoms with Crippen molar-refractivity contribution in [2.24, 2.45) is 5.92 Å². The van der Waals surface area contributed by atoms with Crippen LogP contribution in [0.1, 0.15) is 47.0 Å². The molecule has 0 aromatic carbocycles. The lowest BCUT2D eigenvalue weighted by molar-refractivity contribution is -0.474. The Morgan fingerprint density at radius 2 is 1.90 bits per heavy atom. The van der Waals surface area contributed by atoms with Gasteiger partial charge >= 0.3 is 0 Å². The third-order valence-electron chi connectivity index (χ3n) is 2.00. The van der Waals surface area contributed by atoms with E-state index in [9.17, 15) is 5.11 Å². The predicted octanol–water partition coefficient (Wildman–Crippen LogP) is 1.95. The highest BCUT2D eigenvalue weighted by Crippen LogP contribution is 2.15. The molecule has 0 aromatic rings. The van der Waals surface area contributed by atoms with Crippen molar-refractivity contribution in [1.82, 2.24) is 0 Å². The molecule has 0 fully saturated rings. The number of hydrogen-bond donors (Lipinski definition) is 0. The Balaban J connectivity index is 3.46. The average Bonchev–Trinajstić information content (AvgIpc) is 1.85. The standard InChI is InChI=1S/C9H19O/c1-5-9(4,10)7-6-8(2)3/h8H,5-7H2,1-4H3/q-1. The first kappa shape index (κ1) is 9.96. The van der Waals surface area contributed by atoms with Crippen LogP contribution in [0.15, 0.2) is 0 Å². The molecule has 0 saturated heterocycles. The Kier molecular flexibility index (Phi) is 3.95. The van der Waals surface area contributed by atoms with Crippen molar-refractivity contribution in [3.05, 3.63) is 0 Å². The van der Waals surface area contributed by atoms with Gasteiger partial charge in [0.1, 0.15) is 0 Å². The predicted molar refractivity (Wildman–Crippen MR) is 42.8 cm³/mol. The zero-order valence-electron chi connectivity index (χ0n) is 7.61. The summed E-state index contributed by atoms with van der Waals surface area (Å²) in [7, 11) is 0. The maximum Gasteiger partial charge on any atom is -0.0472 e. The largest absolute Gasteiger partial charge is 0.850 e. The average molecular weight is 143 g/mol. The quantitative estimate of drug-likeness (QED) is 0.590. The van der Waals surface area contributed by atoms with Crippen molar-refractivity contribution in [1.29, 1.82) is 0 Å². The van der Waals surface area contributed by atoms with Gasteiger partial charge in [-0.2, -0.15) is 0 Å². The fraction of sp³-hybridized carbons (Fsp3) is 1.00. The van der Waals surface area contributed by atoms with E-state index in [4.69, 9.17) is 0 Å². The highest BCUT2D eigenvalue weighted by atomic mass is 16.3. The topological polar surface area (TPSA) is 23.1 Å². The molecule has 62 valence electrons. The zero-order valence-corrected chi connectivity index (χ0v) is 7.61. The van der Waals surface area contributed by atoms with E-state index < -0.39 is 5.60 Å². The molecule has 1 atom stereocenters. The molecule has 0 saturated carbocycles. The molecule has 0 aliphatic carbocycles. The fourth-order valence-corrected chi connectivity index (χ4v) is 0.771. The van der Waals surface area contributed by atoms with Crippen LogP contribution in [-0.4, -0.2) is 5.60 Å². The Morgan fingerprint density at radius 3 is 2.20 bits per heavy atom. The van der Waals surface area contributed by atoms with Gasteiger partial charge in [-0.25, -0.2) is 0 Å². The molecule has 0 rings (SSSR count). The van der Waals surface area contributed by atoms with Crippen molar-refractivity contribution in [2.75, 3.05) is 0 Å². The van der Waals surface area contributed by atoms with Gasteiger partial charge in [-0.15, -0.1) is 5.60 Å². The van der Waals surface area contributed by atoms with Crippen LogP contribution < -0.4 is 5.11 Å². The molecule has 0 aromatic heterocycles. The lowest BCUT2D eigenvalue weighted by atomic mass is 9.93. The van der Waals surface area contributed by atoms with Crippen molar-refractivity contribution in [3.8, 4) is 0 Å². The molecule has 0 spiro atoms. The van der Waals surface area contributed by atoms with Gasteiger partial charge in [-0.1, -0.05) is 47.0 Å². The normalized spacial score (nSPS) is 17.4. The van der Waals surface area contributed by atoms with E-state index in [1.165, 1.54) is 0 Å². The van der Waals surface area contributed by atoms with Crippen LogP contribution in [0.3, 0.4) is 0 Å². The van der Waals surface area contributed by atoms with E-state index in [-0.39, 0.29) is 0 Å². The second-order valence-corrected chi connectivity index (χ2v) is 3.74. The van der Waals surface area contributed by atoms with Crippen LogP contribution >= 0.6 is 0 Å². The summed E-state index contributed by atoms with van der Waals surface area (Å²) in [6.07, 6.45) is 2.63. The Morgan fingerprint density at radius 1 is 1.40 bits per heavy atom. The molecule has 0 amide bonds. The molecule has 1 nitrogen and oxygen atoms in total. The molecule has 0 aliphatic rings. The van der Waals surface area contributed by atoms with Gasteiger partial charge in [0, 0.05) is 0 Å². The molecular formula is C9H19O-. The molecule has 0 heterocycles. The highest BCUT2D eigenvalue weighted by molar-refractivity contribution is 4.68. The van der Waals surface area contributed by atoms with Crippen molar-refractivity contribution < 1.29 is 5.11 Å². The minimum atomic E-state index is -0.676. The van der Waals surface area contributed by atoms with Crippen molar-refractivity contribution in [3.63, 3.8) is 0 Å². The molecule has 0 radical (unpaired) electrons. The highest BCUT2D eigenvalue weighted by Gasteiger charge is 2.06. The summed E-state index contributed by atoms with van der Waals surface area (Å²) >= 11 is 0. The van der Waals surface area contributed by atoms with Crippen LogP contribution in [-0.2, 0) is 0 Å². The maximum absolute atomic E-state index is 11.4. The zero-order chi connectivity index (χ0) is 8.20. The molecule has 1 heteroatoms. The Hall–Kier alpha value is -0.0400. The molecule has 1 unspecified atom stereocenters. The van der Waals surface area contributed by atoms with E-state index >= 15 is 0 Å². The fourth-order valence-electron chi connectivity index (χ4n) is 0.771. The van der Waals surface area contributed by atoms with Crippen LogP contribution in [0.2, 0.25) is 0 Å². The summed E-state index contributed by atoms with van der Waals surface area (Å²) in [5.41, 5.74) is -0.676. The van der Waals surface area contributed by atoms with E-state index in [0.29, 0.717) is 5.92 Å². The third-order valence-corrected chi connectivity index (χ3v) is 2.00. The summed E-state index contributed by atoms with van der Waals surface area (Å²) in [5.74, 6) is 0.667. The summed E-state index contributed by atoms with van der Waals surface area (Å²) in [6.45, 7) is 8.08. The van der Waals surface area contributed by atoms with Crippen LogP contribution in [0, 0.1) is 5.92 Å². The van der Waals surface area contributed by atoms with Gasteiger partial charge < -0.3 is 5.11 Å². The van der Waals surface area contributed by atoms with Crippen LogP contribution in [0.4, 0.5) is 0 Å². The molecule has 0 aliphatic heterocycles. The van der Waals surface area contributed by atoms with E-state index in [0.717, 1.165) is 19.3 Å².